The predicted octanol–water partition coefficient (Wildman–Crippen LogP) is 1.09. The number of carbonyl (C=O) groups excluding carboxylic acids is 1. The van der Waals surface area contributed by atoms with Crippen molar-refractivity contribution in [3.05, 3.63) is 24.0 Å². The number of nitrogens with zero attached hydrogens (tertiary/aromatic N) is 3. The highest BCUT2D eigenvalue weighted by atomic mass is 16.1. The summed E-state index contributed by atoms with van der Waals surface area (Å²) >= 11 is 0. The van der Waals surface area contributed by atoms with Crippen LogP contribution in [0.5, 0.6) is 0 Å². The third kappa shape index (κ3) is 5.09. The van der Waals surface area contributed by atoms with Crippen molar-refractivity contribution in [2.45, 2.75) is 38.3 Å². The van der Waals surface area contributed by atoms with E-state index < -0.39 is 0 Å². The summed E-state index contributed by atoms with van der Waals surface area (Å²) in [7, 11) is 5.84. The molecule has 1 saturated carbocycles. The Kier molecular flexibility index (Phi) is 5.86. The highest BCUT2D eigenvalue weighted by Gasteiger charge is 2.22. The van der Waals surface area contributed by atoms with Crippen molar-refractivity contribution in [2.24, 2.45) is 12.0 Å². The van der Waals surface area contributed by atoms with Gasteiger partial charge in [0.25, 0.3) is 0 Å². The van der Waals surface area contributed by atoms with E-state index in [1.165, 1.54) is 5.69 Å². The fourth-order valence-electron chi connectivity index (χ4n) is 2.34. The average Bonchev–Trinajstić information content (AvgIpc) is 3.21. The summed E-state index contributed by atoms with van der Waals surface area (Å²) in [6.45, 7) is 1.55. The van der Waals surface area contributed by atoms with Gasteiger partial charge < -0.3 is 20.1 Å². The van der Waals surface area contributed by atoms with Gasteiger partial charge in [0, 0.05) is 52.0 Å². The maximum absolute atomic E-state index is 11.6. The molecule has 0 aliphatic heterocycles. The van der Waals surface area contributed by atoms with Crippen LogP contribution in [0.3, 0.4) is 0 Å². The molecule has 1 aromatic heterocycles. The first-order valence-corrected chi connectivity index (χ1v) is 7.91. The quantitative estimate of drug-likeness (QED) is 0.450. The second-order valence-electron chi connectivity index (χ2n) is 5.89. The zero-order valence-electron chi connectivity index (χ0n) is 13.8. The van der Waals surface area contributed by atoms with E-state index >= 15 is 0 Å². The van der Waals surface area contributed by atoms with Gasteiger partial charge in [-0.05, 0) is 31.4 Å². The molecule has 1 aliphatic rings. The summed E-state index contributed by atoms with van der Waals surface area (Å²) < 4.78 is 2.10. The number of carbonyl (C=O) groups is 1. The molecule has 0 atom stereocenters. The van der Waals surface area contributed by atoms with E-state index in [1.54, 1.807) is 7.05 Å². The maximum Gasteiger partial charge on any atom is 0.220 e. The summed E-state index contributed by atoms with van der Waals surface area (Å²) in [6, 6.07) is 4.59. The Bertz CT molecular complexity index is 518. The van der Waals surface area contributed by atoms with E-state index in [1.807, 2.05) is 26.4 Å². The molecule has 0 radical (unpaired) electrons. The third-order valence-electron chi connectivity index (χ3n) is 3.83. The lowest BCUT2D eigenvalue weighted by Gasteiger charge is -2.22. The monoisotopic (exact) mass is 305 g/mol. The number of guanidine groups is 1. The minimum Gasteiger partial charge on any atom is -0.356 e. The first-order valence-electron chi connectivity index (χ1n) is 7.91. The van der Waals surface area contributed by atoms with Gasteiger partial charge in [0.15, 0.2) is 5.96 Å². The summed E-state index contributed by atoms with van der Waals surface area (Å²) in [6.07, 6.45) is 5.70. The number of aromatic nitrogens is 1. The van der Waals surface area contributed by atoms with E-state index in [-0.39, 0.29) is 5.91 Å². The van der Waals surface area contributed by atoms with Crippen molar-refractivity contribution in [1.29, 1.82) is 0 Å². The van der Waals surface area contributed by atoms with E-state index in [2.05, 4.69) is 31.2 Å². The van der Waals surface area contributed by atoms with Crippen LogP contribution >= 0.6 is 0 Å². The first-order chi connectivity index (χ1) is 10.6. The lowest BCUT2D eigenvalue weighted by molar-refractivity contribution is -0.121. The van der Waals surface area contributed by atoms with Gasteiger partial charge in [-0.2, -0.15) is 0 Å². The van der Waals surface area contributed by atoms with Gasteiger partial charge in [-0.3, -0.25) is 9.79 Å². The van der Waals surface area contributed by atoms with Gasteiger partial charge in [0.2, 0.25) is 5.91 Å². The highest BCUT2D eigenvalue weighted by molar-refractivity contribution is 5.79. The largest absolute Gasteiger partial charge is 0.356 e. The van der Waals surface area contributed by atoms with Gasteiger partial charge in [-0.15, -0.1) is 0 Å². The Morgan fingerprint density at radius 3 is 2.86 bits per heavy atom. The number of nitrogens with one attached hydrogen (secondary N) is 2. The smallest absolute Gasteiger partial charge is 0.220 e. The number of aliphatic imine (C=N–C) groups is 1. The molecule has 0 bridgehead atoms. The van der Waals surface area contributed by atoms with Crippen LogP contribution in [0.1, 0.15) is 31.4 Å². The number of rotatable bonds is 7. The third-order valence-corrected chi connectivity index (χ3v) is 3.83. The van der Waals surface area contributed by atoms with Crippen LogP contribution in [-0.4, -0.2) is 48.0 Å². The van der Waals surface area contributed by atoms with Crippen LogP contribution < -0.4 is 10.6 Å². The second-order valence-corrected chi connectivity index (χ2v) is 5.89. The minimum atomic E-state index is 0.163. The molecular weight excluding hydrogens is 278 g/mol. The average molecular weight is 305 g/mol. The van der Waals surface area contributed by atoms with Crippen LogP contribution in [0.25, 0.3) is 0 Å². The molecule has 1 aliphatic carbocycles. The van der Waals surface area contributed by atoms with Crippen molar-refractivity contribution < 1.29 is 4.79 Å². The molecule has 1 fully saturated rings. The lowest BCUT2D eigenvalue weighted by Crippen LogP contribution is -2.39. The van der Waals surface area contributed by atoms with Crippen molar-refractivity contribution in [1.82, 2.24) is 20.1 Å². The van der Waals surface area contributed by atoms with Crippen LogP contribution in [0.2, 0.25) is 0 Å². The normalized spacial score (nSPS) is 14.8. The molecule has 0 spiro atoms. The molecule has 0 aromatic carbocycles. The molecular formula is C16H27N5O. The zero-order valence-corrected chi connectivity index (χ0v) is 13.8. The Morgan fingerprint density at radius 1 is 1.50 bits per heavy atom. The van der Waals surface area contributed by atoms with E-state index in [4.69, 9.17) is 0 Å². The molecule has 1 aromatic rings. The molecule has 0 unspecified atom stereocenters. The topological polar surface area (TPSA) is 61.7 Å². The minimum absolute atomic E-state index is 0.163. The molecule has 1 amide bonds. The van der Waals surface area contributed by atoms with Gasteiger partial charge in [-0.25, -0.2) is 0 Å². The fourth-order valence-corrected chi connectivity index (χ4v) is 2.34. The Morgan fingerprint density at radius 2 is 2.27 bits per heavy atom. The summed E-state index contributed by atoms with van der Waals surface area (Å²) in [5.74, 6) is 1.01. The van der Waals surface area contributed by atoms with Crippen molar-refractivity contribution in [3.8, 4) is 0 Å². The Balaban J connectivity index is 1.67. The van der Waals surface area contributed by atoms with E-state index in [0.29, 0.717) is 12.5 Å². The van der Waals surface area contributed by atoms with E-state index in [9.17, 15) is 4.79 Å². The van der Waals surface area contributed by atoms with Gasteiger partial charge in [-0.1, -0.05) is 0 Å². The zero-order chi connectivity index (χ0) is 15.9. The van der Waals surface area contributed by atoms with Crippen LogP contribution in [-0.2, 0) is 18.4 Å². The van der Waals surface area contributed by atoms with Crippen molar-refractivity contribution in [2.75, 3.05) is 20.6 Å². The molecule has 6 heteroatoms. The SMILES string of the molecule is CN=C(NCCCC(=O)NC1CC1)N(C)Cc1cccn1C. The lowest BCUT2D eigenvalue weighted by atomic mass is 10.3. The molecule has 0 saturated heterocycles. The van der Waals surface area contributed by atoms with Crippen LogP contribution in [0.4, 0.5) is 0 Å². The standard InChI is InChI=1S/C16H27N5O/c1-17-16(21(3)12-14-6-5-11-20(14)2)18-10-4-7-15(22)19-13-8-9-13/h5-6,11,13H,4,7-10,12H2,1-3H3,(H,17,18)(H,19,22). The highest BCUT2D eigenvalue weighted by Crippen LogP contribution is 2.18. The Hall–Kier alpha value is -1.98. The van der Waals surface area contributed by atoms with Crippen molar-refractivity contribution >= 4 is 11.9 Å². The predicted molar refractivity (Wildman–Crippen MR) is 88.6 cm³/mol. The maximum atomic E-state index is 11.6. The number of hydrogen-bond donors (Lipinski definition) is 2. The molecule has 2 rings (SSSR count). The summed E-state index contributed by atoms with van der Waals surface area (Å²) in [5.41, 5.74) is 1.23. The fraction of sp³-hybridized carbons (Fsp3) is 0.625. The first kappa shape index (κ1) is 16.4. The van der Waals surface area contributed by atoms with Crippen LogP contribution in [0.15, 0.2) is 23.3 Å². The molecule has 6 nitrogen and oxygen atoms in total. The number of aryl methyl sites for hydroxylation is 1. The number of amides is 1. The number of hydrogen-bond acceptors (Lipinski definition) is 2. The van der Waals surface area contributed by atoms with Crippen molar-refractivity contribution in [3.63, 3.8) is 0 Å². The van der Waals surface area contributed by atoms with Gasteiger partial charge in [0.1, 0.15) is 0 Å². The molecule has 122 valence electrons. The van der Waals surface area contributed by atoms with E-state index in [0.717, 1.165) is 38.3 Å². The van der Waals surface area contributed by atoms with Gasteiger partial charge >= 0.3 is 0 Å². The summed E-state index contributed by atoms with van der Waals surface area (Å²) in [5, 5.41) is 6.32. The molecule has 1 heterocycles. The van der Waals surface area contributed by atoms with Crippen LogP contribution in [0, 0.1) is 0 Å². The van der Waals surface area contributed by atoms with Gasteiger partial charge in [0.05, 0.1) is 6.54 Å². The summed E-state index contributed by atoms with van der Waals surface area (Å²) in [4.78, 5) is 18.0. The second kappa shape index (κ2) is 7.87. The molecule has 22 heavy (non-hydrogen) atoms. The molecule has 2 N–H and O–H groups in total. The Labute approximate surface area is 132 Å².